The number of hydrogen-bond donors (Lipinski definition) is 1. The topological polar surface area (TPSA) is 364 Å². The number of Topliss-reactive ketones (excluding diaryl/α,β-unsaturated/α-hetero) is 1. The number of esters is 3. The Kier molecular flexibility index (Phi) is 53.3. The Morgan fingerprint density at radius 1 is 0.495 bits per heavy atom. The second kappa shape index (κ2) is 52.6. The molecule has 610 valence electrons. The van der Waals surface area contributed by atoms with Gasteiger partial charge in [0.1, 0.15) is 19.6 Å². The molecule has 6 aliphatic rings. The number of hydrogen-bond acceptors (Lipinski definition) is 26. The summed E-state index contributed by atoms with van der Waals surface area (Å²) in [7, 11) is -10.7. The molecule has 0 saturated carbocycles. The molecule has 105 heavy (non-hydrogen) atoms. The van der Waals surface area contributed by atoms with Crippen LogP contribution in [0, 0.1) is 35.5 Å². The minimum Gasteiger partial charge on any atom is -0.870 e. The van der Waals surface area contributed by atoms with E-state index in [0.717, 1.165) is 114 Å². The number of halogens is 2. The molecule has 2 N–H and O–H groups in total. The normalized spacial score (nSPS) is 18.0. The quantitative estimate of drug-likeness (QED) is 0.0412. The van der Waals surface area contributed by atoms with Crippen LogP contribution in [0.1, 0.15) is 206 Å². The summed E-state index contributed by atoms with van der Waals surface area (Å²) in [5.41, 5.74) is 0.267. The monoisotopic (exact) mass is 1750 g/mol. The largest absolute Gasteiger partial charge is 1.00 e. The molecule has 0 unspecified atom stereocenters. The molecule has 6 aliphatic heterocycles. The van der Waals surface area contributed by atoms with Crippen molar-refractivity contribution in [2.24, 2.45) is 35.5 Å². The van der Waals surface area contributed by atoms with Crippen LogP contribution >= 0.6 is 55.4 Å². The molecule has 7 heterocycles. The second-order valence-corrected chi connectivity index (χ2v) is 43.2. The zero-order valence-corrected chi connectivity index (χ0v) is 76.6. The second-order valence-electron chi connectivity index (χ2n) is 30.0. The maximum atomic E-state index is 12.8. The van der Waals surface area contributed by atoms with Gasteiger partial charge in [0.05, 0.1) is 49.2 Å². The first kappa shape index (κ1) is 106. The number of carbonyl (C=O) groups is 6. The van der Waals surface area contributed by atoms with Crippen LogP contribution in [-0.2, 0) is 113 Å². The predicted molar refractivity (Wildman–Crippen MR) is 415 cm³/mol. The Hall–Kier alpha value is -0.704. The summed E-state index contributed by atoms with van der Waals surface area (Å²) in [4.78, 5) is 68.4. The predicted octanol–water partition coefficient (Wildman–Crippen LogP) is 9.10. The first-order valence-corrected chi connectivity index (χ1v) is 45.0. The summed E-state index contributed by atoms with van der Waals surface area (Å²) in [6.45, 7) is 38.6. The molecule has 6 saturated heterocycles. The number of ketones is 1. The third kappa shape index (κ3) is 41.3. The zero-order valence-electron chi connectivity index (χ0n) is 66.2. The molecule has 1 aromatic rings. The summed E-state index contributed by atoms with van der Waals surface area (Å²) in [5.74, 6) is 2.49. The van der Waals surface area contributed by atoms with Crippen molar-refractivity contribution in [1.29, 1.82) is 0 Å². The van der Waals surface area contributed by atoms with Crippen molar-refractivity contribution in [3.05, 3.63) is 17.5 Å². The van der Waals surface area contributed by atoms with Crippen molar-refractivity contribution in [3.8, 4) is 0 Å². The van der Waals surface area contributed by atoms with E-state index in [9.17, 15) is 54.0 Å². The summed E-state index contributed by atoms with van der Waals surface area (Å²) < 4.78 is 120. The Bertz CT molecular complexity index is 2990. The number of thioether (sulfide) groups is 2. The van der Waals surface area contributed by atoms with E-state index >= 15 is 0 Å². The molecule has 0 spiro atoms. The molecular formula is C72H128Br2KNO24S5. The Morgan fingerprint density at radius 3 is 1.10 bits per heavy atom. The molecule has 1 aromatic heterocycles. The van der Waals surface area contributed by atoms with Crippen molar-refractivity contribution in [2.75, 3.05) is 133 Å². The number of alkyl halides is 2. The van der Waals surface area contributed by atoms with E-state index < -0.39 is 64.8 Å². The van der Waals surface area contributed by atoms with Crippen molar-refractivity contribution < 1.29 is 163 Å². The van der Waals surface area contributed by atoms with Gasteiger partial charge in [-0.1, -0.05) is 69.5 Å². The molecule has 0 aliphatic carbocycles. The van der Waals surface area contributed by atoms with Gasteiger partial charge in [-0.25, -0.2) is 25.3 Å². The fraction of sp³-hybridized carbons (Fsp3) is 0.875. The smallest absolute Gasteiger partial charge is 0.870 e. The number of carbonyl (C=O) groups excluding carboxylic acids is 5. The third-order valence-electron chi connectivity index (χ3n) is 18.3. The van der Waals surface area contributed by atoms with Gasteiger partial charge < -0.3 is 57.7 Å². The molecule has 0 radical (unpaired) electrons. The van der Waals surface area contributed by atoms with Crippen molar-refractivity contribution in [3.63, 3.8) is 0 Å². The summed E-state index contributed by atoms with van der Waals surface area (Å²) >= 11 is 9.77. The van der Waals surface area contributed by atoms with Crippen LogP contribution in [0.15, 0.2) is 10.6 Å². The van der Waals surface area contributed by atoms with Gasteiger partial charge >= 0.3 is 75.3 Å². The summed E-state index contributed by atoms with van der Waals surface area (Å²) in [5, 5.41) is 14.2. The third-order valence-corrected chi connectivity index (χ3v) is 30.1. The van der Waals surface area contributed by atoms with Gasteiger partial charge in [0.25, 0.3) is 0 Å². The van der Waals surface area contributed by atoms with Gasteiger partial charge in [0.15, 0.2) is 49.9 Å². The number of carboxylic acids is 1. The first-order chi connectivity index (χ1) is 47.8. The van der Waals surface area contributed by atoms with Crippen molar-refractivity contribution in [2.45, 2.75) is 230 Å². The number of aromatic nitrogens is 1. The van der Waals surface area contributed by atoms with Crippen molar-refractivity contribution in [1.82, 2.24) is 5.16 Å². The molecule has 7 rings (SSSR count). The average molecular weight is 1750 g/mol. The first-order valence-electron chi connectivity index (χ1n) is 36.2. The molecule has 6 fully saturated rings. The number of nitrogens with zero attached hydrogens (tertiary/aromatic N) is 1. The molecule has 33 heteroatoms. The molecule has 25 nitrogen and oxygen atoms in total. The number of ether oxygens (including phenoxy) is 9. The number of rotatable bonds is 25. The van der Waals surface area contributed by atoms with Crippen LogP contribution in [0.2, 0.25) is 0 Å². The van der Waals surface area contributed by atoms with E-state index in [1.807, 2.05) is 41.5 Å². The van der Waals surface area contributed by atoms with E-state index in [0.29, 0.717) is 89.0 Å². The van der Waals surface area contributed by atoms with Gasteiger partial charge in [-0.3, -0.25) is 28.8 Å². The maximum absolute atomic E-state index is 12.8. The van der Waals surface area contributed by atoms with Crippen LogP contribution < -0.4 is 51.4 Å². The fourth-order valence-corrected chi connectivity index (χ4v) is 18.0. The number of sulfone groups is 3. The minimum absolute atomic E-state index is 0. The molecule has 0 bridgehead atoms. The molecule has 0 amide bonds. The zero-order chi connectivity index (χ0) is 78.5. The van der Waals surface area contributed by atoms with E-state index in [1.54, 1.807) is 52.4 Å². The minimum atomic E-state index is -3.61. The van der Waals surface area contributed by atoms with Gasteiger partial charge in [-0.05, 0) is 208 Å². The average Bonchev–Trinajstić information content (AvgIpc) is 1.28. The maximum Gasteiger partial charge on any atom is 1.00 e. The van der Waals surface area contributed by atoms with Crippen molar-refractivity contribution >= 4 is 120 Å². The van der Waals surface area contributed by atoms with Gasteiger partial charge in [0.2, 0.25) is 0 Å². The van der Waals surface area contributed by atoms with Gasteiger partial charge in [-0.15, -0.1) is 11.8 Å². The summed E-state index contributed by atoms with van der Waals surface area (Å²) in [6.07, 6.45) is 11.2. The summed E-state index contributed by atoms with van der Waals surface area (Å²) in [6, 6.07) is 1.74. The Balaban J connectivity index is 0. The number of aliphatic carboxylic acids is 1. The van der Waals surface area contributed by atoms with E-state index in [2.05, 4.69) is 37.0 Å². The van der Waals surface area contributed by atoms with E-state index in [4.69, 9.17) is 52.3 Å². The van der Waals surface area contributed by atoms with E-state index in [-0.39, 0.29) is 133 Å². The van der Waals surface area contributed by atoms with Crippen LogP contribution in [0.25, 0.3) is 0 Å². The number of carboxylic acid groups (broad SMARTS) is 1. The van der Waals surface area contributed by atoms with Gasteiger partial charge in [-0.2, -0.15) is 0 Å². The van der Waals surface area contributed by atoms with Crippen LogP contribution in [0.5, 0.6) is 0 Å². The molecule has 0 atom stereocenters. The van der Waals surface area contributed by atoms with Crippen LogP contribution in [0.4, 0.5) is 0 Å². The molecular weight excluding hydrogens is 1620 g/mol. The van der Waals surface area contributed by atoms with Crippen LogP contribution in [-0.4, -0.2) is 232 Å². The standard InChI is InChI=1S/C18H29NO5S.C12H22O5S.C12H22O3S.C10H18O5S.C8H14O2S.C6H11BrO2.C6H11BrO.K.H2O/c1-17(2,3)16-11-14(19-24-16)10-15(20)18(4,5)25(21,22)12-13-6-8-23-9-7-13;1-4-17-11(13)12(2,3)18(14,15)9-10-5-7-16-8-6-10;1-4-15-11(13)12(2,3)16-9-10-5-7-14-8-6-10;1-10(2,9(11)12)16(13,14)7-8-3-5-15-6-4-8;1-7(9)11-6-8-2-4-10-5-3-8;1-4-9-5(8)6(2,3)7;7-5-6-1-3-8-4-2-6;;/h11,13H,6-10,12H2,1-5H3;10H,4-9H2,1-3H3;10H,4-9H2,1-3H3;8H,3-7H2,1-2H3,(H,11,12);8H,2-6H2,1H3;4H2,1-3H3;6H,1-5H2;;1H2/q;;;;;;;+1;/p-1. The van der Waals surface area contributed by atoms with Crippen LogP contribution in [0.3, 0.4) is 0 Å². The van der Waals surface area contributed by atoms with Gasteiger partial charge in [0, 0.05) is 109 Å². The SMILES string of the molecule is BrCC1CCOCC1.CC(=O)SCC1CCOCC1.CC(C)(C(=O)O)S(=O)(=O)CC1CCOCC1.CC(C)(C)c1cc(CC(=O)C(C)(C)S(=O)(=O)CC2CCOCC2)no1.CCOC(=O)C(C)(C)Br.CCOC(=O)C(C)(C)S(=O)(=O)CC1CCOCC1.CCOC(=O)C(C)(C)SCC1CCOCC1.[K+].[OH-]. The van der Waals surface area contributed by atoms with E-state index in [1.165, 1.54) is 66.1 Å². The Labute approximate surface area is 697 Å². The Morgan fingerprint density at radius 2 is 0.810 bits per heavy atom. The molecule has 0 aromatic carbocycles. The fourth-order valence-electron chi connectivity index (χ4n) is 10.1.